The van der Waals surface area contributed by atoms with Gasteiger partial charge in [-0.1, -0.05) is 0 Å². The molecular weight excluding hydrogens is 486 g/mol. The molecule has 0 saturated carbocycles. The van der Waals surface area contributed by atoms with E-state index in [1.165, 1.54) is 19.5 Å². The molecule has 0 aliphatic carbocycles. The standard InChI is InChI=1S/C21H16F6N4O4/c1-11-9-30(10-29-11)16-4-3-13(7-17(16)34-2)31(35-19(32)21(25,26)27)20(33)28-8-12-5-14(22)18(24)15(23)6-12/h3-7,9-10H,8H2,1-2H3,(H,28,33). The number of carbonyl (C=O) groups is 2. The van der Waals surface area contributed by atoms with Crippen molar-refractivity contribution < 1.29 is 45.5 Å². The van der Waals surface area contributed by atoms with Crippen LogP contribution in [0, 0.1) is 24.4 Å². The average Bonchev–Trinajstić information content (AvgIpc) is 3.24. The van der Waals surface area contributed by atoms with Gasteiger partial charge in [0.15, 0.2) is 17.5 Å². The van der Waals surface area contributed by atoms with Gasteiger partial charge in [-0.25, -0.2) is 27.7 Å². The van der Waals surface area contributed by atoms with Gasteiger partial charge in [0.1, 0.15) is 5.75 Å². The Morgan fingerprint density at radius 2 is 1.77 bits per heavy atom. The maximum absolute atomic E-state index is 13.4. The topological polar surface area (TPSA) is 85.7 Å². The molecule has 0 fully saturated rings. The van der Waals surface area contributed by atoms with Crippen molar-refractivity contribution in [1.82, 2.24) is 14.9 Å². The predicted molar refractivity (Wildman–Crippen MR) is 108 cm³/mol. The van der Waals surface area contributed by atoms with Crippen LogP contribution in [0.4, 0.5) is 36.8 Å². The lowest BCUT2D eigenvalue weighted by atomic mass is 10.2. The maximum atomic E-state index is 13.4. The number of benzene rings is 2. The highest BCUT2D eigenvalue weighted by Gasteiger charge is 2.44. The number of nitrogens with one attached hydrogen (secondary N) is 1. The van der Waals surface area contributed by atoms with Crippen molar-refractivity contribution in [1.29, 1.82) is 0 Å². The fourth-order valence-electron chi connectivity index (χ4n) is 2.86. The van der Waals surface area contributed by atoms with E-state index in [0.717, 1.165) is 12.1 Å². The van der Waals surface area contributed by atoms with Gasteiger partial charge in [0.2, 0.25) is 0 Å². The lowest BCUT2D eigenvalue weighted by molar-refractivity contribution is -0.199. The molecule has 8 nitrogen and oxygen atoms in total. The number of methoxy groups -OCH3 is 1. The van der Waals surface area contributed by atoms with E-state index in [9.17, 15) is 35.9 Å². The monoisotopic (exact) mass is 502 g/mol. The van der Waals surface area contributed by atoms with Crippen LogP contribution in [-0.4, -0.2) is 34.8 Å². The molecule has 2 aromatic carbocycles. The van der Waals surface area contributed by atoms with Crippen molar-refractivity contribution >= 4 is 17.7 Å². The molecule has 0 aliphatic rings. The molecule has 14 heteroatoms. The fourth-order valence-corrected chi connectivity index (χ4v) is 2.86. The van der Waals surface area contributed by atoms with Crippen LogP contribution in [0.3, 0.4) is 0 Å². The second kappa shape index (κ2) is 9.95. The van der Waals surface area contributed by atoms with Crippen molar-refractivity contribution in [3.8, 4) is 11.4 Å². The molecule has 0 saturated heterocycles. The molecule has 186 valence electrons. The molecule has 0 unspecified atom stereocenters. The summed E-state index contributed by atoms with van der Waals surface area (Å²) in [6.45, 7) is 1.08. The number of aromatic nitrogens is 2. The summed E-state index contributed by atoms with van der Waals surface area (Å²) in [5.41, 5.74) is 0.454. The van der Waals surface area contributed by atoms with E-state index in [4.69, 9.17) is 4.74 Å². The number of amides is 2. The quantitative estimate of drug-likeness (QED) is 0.319. The Labute approximate surface area is 193 Å². The largest absolute Gasteiger partial charge is 0.494 e. The summed E-state index contributed by atoms with van der Waals surface area (Å²) in [6.07, 6.45) is -2.37. The van der Waals surface area contributed by atoms with Crippen molar-refractivity contribution in [2.75, 3.05) is 12.2 Å². The highest BCUT2D eigenvalue weighted by atomic mass is 19.4. The Hall–Kier alpha value is -4.23. The molecular formula is C21H16F6N4O4. The highest BCUT2D eigenvalue weighted by molar-refractivity contribution is 5.93. The number of aryl methyl sites for hydroxylation is 1. The van der Waals surface area contributed by atoms with Crippen LogP contribution in [0.2, 0.25) is 0 Å². The van der Waals surface area contributed by atoms with Crippen molar-refractivity contribution in [2.24, 2.45) is 0 Å². The third-order valence-corrected chi connectivity index (χ3v) is 4.47. The lowest BCUT2D eigenvalue weighted by Gasteiger charge is -2.23. The molecule has 3 rings (SSSR count). The molecule has 35 heavy (non-hydrogen) atoms. The Kier molecular flexibility index (Phi) is 7.22. The van der Waals surface area contributed by atoms with Crippen LogP contribution < -0.4 is 15.1 Å². The summed E-state index contributed by atoms with van der Waals surface area (Å²) < 4.78 is 85.1. The fraction of sp³-hybridized carbons (Fsp3) is 0.190. The smallest absolute Gasteiger partial charge is 0.493 e. The summed E-state index contributed by atoms with van der Waals surface area (Å²) in [7, 11) is 1.26. The lowest BCUT2D eigenvalue weighted by Crippen LogP contribution is -2.44. The minimum atomic E-state index is -5.44. The number of rotatable bonds is 5. The number of urea groups is 1. The minimum absolute atomic E-state index is 0.00246. The van der Waals surface area contributed by atoms with Crippen LogP contribution in [0.5, 0.6) is 5.75 Å². The van der Waals surface area contributed by atoms with E-state index in [2.05, 4.69) is 9.82 Å². The number of halogens is 6. The average molecular weight is 502 g/mol. The summed E-state index contributed by atoms with van der Waals surface area (Å²) in [4.78, 5) is 32.4. The van der Waals surface area contributed by atoms with E-state index < -0.39 is 42.2 Å². The molecule has 0 spiro atoms. The molecule has 1 aromatic heterocycles. The first-order valence-electron chi connectivity index (χ1n) is 9.60. The molecule has 2 amide bonds. The third kappa shape index (κ3) is 5.83. The van der Waals surface area contributed by atoms with Crippen molar-refractivity contribution in [3.05, 3.63) is 71.6 Å². The third-order valence-electron chi connectivity index (χ3n) is 4.47. The number of nitrogens with zero attached hydrogens (tertiary/aromatic N) is 3. The first-order valence-corrected chi connectivity index (χ1v) is 9.60. The molecule has 0 radical (unpaired) electrons. The zero-order valence-corrected chi connectivity index (χ0v) is 18.0. The van der Waals surface area contributed by atoms with Crippen LogP contribution in [0.15, 0.2) is 42.9 Å². The number of alkyl halides is 3. The van der Waals surface area contributed by atoms with Gasteiger partial charge in [-0.15, -0.1) is 5.06 Å². The van der Waals surface area contributed by atoms with Gasteiger partial charge in [0, 0.05) is 18.8 Å². The number of carbonyl (C=O) groups excluding carboxylic acids is 2. The van der Waals surface area contributed by atoms with E-state index in [1.807, 2.05) is 5.32 Å². The molecule has 0 atom stereocenters. The van der Waals surface area contributed by atoms with Gasteiger partial charge in [-0.2, -0.15) is 13.2 Å². The summed E-state index contributed by atoms with van der Waals surface area (Å²) in [5, 5.41) is 2.04. The van der Waals surface area contributed by atoms with Gasteiger partial charge in [0.05, 0.1) is 30.5 Å². The Balaban J connectivity index is 1.92. The SMILES string of the molecule is COc1cc(N(OC(=O)C(F)(F)F)C(=O)NCc2cc(F)c(F)c(F)c2)ccc1-n1cnc(C)c1. The first-order chi connectivity index (χ1) is 16.4. The van der Waals surface area contributed by atoms with Crippen LogP contribution in [0.1, 0.15) is 11.3 Å². The second-order valence-corrected chi connectivity index (χ2v) is 6.98. The van der Waals surface area contributed by atoms with Crippen LogP contribution in [0.25, 0.3) is 5.69 Å². The van der Waals surface area contributed by atoms with Gasteiger partial charge in [-0.05, 0) is 36.8 Å². The number of hydroxylamine groups is 1. The predicted octanol–water partition coefficient (Wildman–Crippen LogP) is 4.34. The van der Waals surface area contributed by atoms with Crippen molar-refractivity contribution in [3.63, 3.8) is 0 Å². The van der Waals surface area contributed by atoms with Gasteiger partial charge in [-0.3, -0.25) is 0 Å². The van der Waals surface area contributed by atoms with E-state index in [0.29, 0.717) is 23.5 Å². The van der Waals surface area contributed by atoms with Crippen LogP contribution >= 0.6 is 0 Å². The van der Waals surface area contributed by atoms with Crippen molar-refractivity contribution in [2.45, 2.75) is 19.6 Å². The molecule has 3 aromatic rings. The molecule has 1 heterocycles. The molecule has 0 aliphatic heterocycles. The van der Waals surface area contributed by atoms with E-state index >= 15 is 0 Å². The Morgan fingerprint density at radius 3 is 2.31 bits per heavy atom. The number of imidazole rings is 1. The Bertz CT molecular complexity index is 1240. The van der Waals surface area contributed by atoms with E-state index in [-0.39, 0.29) is 22.1 Å². The number of ether oxygens (including phenoxy) is 1. The summed E-state index contributed by atoms with van der Waals surface area (Å²) in [6, 6.07) is 3.40. The maximum Gasteiger partial charge on any atom is 0.493 e. The number of hydrogen-bond acceptors (Lipinski definition) is 5. The zero-order valence-electron chi connectivity index (χ0n) is 18.0. The van der Waals surface area contributed by atoms with Crippen LogP contribution in [-0.2, 0) is 16.2 Å². The molecule has 1 N–H and O–H groups in total. The number of hydrogen-bond donors (Lipinski definition) is 1. The second-order valence-electron chi connectivity index (χ2n) is 6.98. The first kappa shape index (κ1) is 25.4. The van der Waals surface area contributed by atoms with Gasteiger partial charge < -0.3 is 19.5 Å². The summed E-state index contributed by atoms with van der Waals surface area (Å²) >= 11 is 0. The van der Waals surface area contributed by atoms with Gasteiger partial charge in [0.25, 0.3) is 0 Å². The van der Waals surface area contributed by atoms with Gasteiger partial charge >= 0.3 is 18.2 Å². The Morgan fingerprint density at radius 1 is 1.11 bits per heavy atom. The normalized spacial score (nSPS) is 11.2. The number of anilines is 1. The molecule has 0 bridgehead atoms. The minimum Gasteiger partial charge on any atom is -0.494 e. The van der Waals surface area contributed by atoms with E-state index in [1.54, 1.807) is 17.7 Å². The summed E-state index contributed by atoms with van der Waals surface area (Å²) in [5.74, 6) is -7.45. The highest BCUT2D eigenvalue weighted by Crippen LogP contribution is 2.30. The zero-order chi connectivity index (χ0) is 25.9.